The Morgan fingerprint density at radius 3 is 2.56 bits per heavy atom. The third-order valence-electron chi connectivity index (χ3n) is 5.81. The van der Waals surface area contributed by atoms with Crippen LogP contribution in [0.4, 0.5) is 5.00 Å². The number of aromatic nitrogens is 1. The van der Waals surface area contributed by atoms with Crippen molar-refractivity contribution >= 4 is 49.8 Å². The van der Waals surface area contributed by atoms with Crippen molar-refractivity contribution in [1.82, 2.24) is 4.98 Å². The topological polar surface area (TPSA) is 68.3 Å². The first-order valence-electron chi connectivity index (χ1n) is 10.5. The number of ether oxygens (including phenoxy) is 1. The maximum atomic E-state index is 13.1. The molecule has 0 fully saturated rings. The molecule has 5 rings (SSSR count). The number of hydrogen-bond donors (Lipinski definition) is 1. The second-order valence-electron chi connectivity index (χ2n) is 8.07. The van der Waals surface area contributed by atoms with Crippen LogP contribution in [0.15, 0.2) is 48.5 Å². The SMILES string of the molecule is COC(=O)c1ccc(C(=O)Nc2sc3c(c2-c2nc4ccccc4s2)CC[C@H](C)C3)cc1. The zero-order chi connectivity index (χ0) is 22.2. The zero-order valence-corrected chi connectivity index (χ0v) is 19.4. The molecule has 0 bridgehead atoms. The number of anilines is 1. The number of fused-ring (bicyclic) bond motifs is 2. The van der Waals surface area contributed by atoms with Crippen molar-refractivity contribution in [2.75, 3.05) is 12.4 Å². The number of carbonyl (C=O) groups is 2. The second kappa shape index (κ2) is 8.48. The Bertz CT molecular complexity index is 1290. The molecule has 1 N–H and O–H groups in total. The van der Waals surface area contributed by atoms with Crippen LogP contribution in [0, 0.1) is 5.92 Å². The Balaban J connectivity index is 1.52. The molecule has 1 amide bonds. The standard InChI is InChI=1S/C25H22N2O3S2/c1-14-7-12-17-20(13-14)32-24(21(17)23-26-18-5-3-4-6-19(18)31-23)27-22(28)15-8-10-16(11-9-15)25(29)30-2/h3-6,8-11,14H,7,12-13H2,1-2H3,(H,27,28)/t14-/m0/s1. The van der Waals surface area contributed by atoms with Gasteiger partial charge in [-0.05, 0) is 67.1 Å². The molecule has 1 aliphatic rings. The molecule has 1 atom stereocenters. The van der Waals surface area contributed by atoms with Gasteiger partial charge in [-0.15, -0.1) is 22.7 Å². The number of hydrogen-bond acceptors (Lipinski definition) is 6. The predicted octanol–water partition coefficient (Wildman–Crippen LogP) is 6.19. The predicted molar refractivity (Wildman–Crippen MR) is 130 cm³/mol. The van der Waals surface area contributed by atoms with Crippen LogP contribution < -0.4 is 5.32 Å². The molecule has 32 heavy (non-hydrogen) atoms. The molecule has 0 saturated heterocycles. The quantitative estimate of drug-likeness (QED) is 0.367. The van der Waals surface area contributed by atoms with E-state index in [4.69, 9.17) is 9.72 Å². The lowest BCUT2D eigenvalue weighted by Crippen LogP contribution is -2.12. The summed E-state index contributed by atoms with van der Waals surface area (Å²) in [6.07, 6.45) is 3.17. The first-order chi connectivity index (χ1) is 15.5. The molecule has 0 aliphatic heterocycles. The van der Waals surface area contributed by atoms with Crippen LogP contribution in [0.25, 0.3) is 20.8 Å². The van der Waals surface area contributed by atoms with E-state index < -0.39 is 5.97 Å². The number of benzene rings is 2. The highest BCUT2D eigenvalue weighted by atomic mass is 32.1. The molecule has 2 aromatic heterocycles. The van der Waals surface area contributed by atoms with E-state index in [1.807, 2.05) is 18.2 Å². The van der Waals surface area contributed by atoms with Crippen molar-refractivity contribution in [3.05, 3.63) is 70.1 Å². The maximum Gasteiger partial charge on any atom is 0.337 e. The highest BCUT2D eigenvalue weighted by Gasteiger charge is 2.27. The molecular weight excluding hydrogens is 440 g/mol. The van der Waals surface area contributed by atoms with Gasteiger partial charge in [-0.2, -0.15) is 0 Å². The fourth-order valence-electron chi connectivity index (χ4n) is 4.10. The lowest BCUT2D eigenvalue weighted by atomic mass is 9.88. The lowest BCUT2D eigenvalue weighted by Gasteiger charge is -2.18. The van der Waals surface area contributed by atoms with Gasteiger partial charge in [0.2, 0.25) is 0 Å². The van der Waals surface area contributed by atoms with Crippen LogP contribution in [0.2, 0.25) is 0 Å². The van der Waals surface area contributed by atoms with Gasteiger partial charge in [-0.25, -0.2) is 9.78 Å². The third-order valence-corrected chi connectivity index (χ3v) is 8.04. The minimum Gasteiger partial charge on any atom is -0.465 e. The van der Waals surface area contributed by atoms with Gasteiger partial charge in [-0.3, -0.25) is 4.79 Å². The minimum atomic E-state index is -0.421. The highest BCUT2D eigenvalue weighted by molar-refractivity contribution is 7.23. The molecule has 7 heteroatoms. The Labute approximate surface area is 194 Å². The van der Waals surface area contributed by atoms with Crippen molar-refractivity contribution in [1.29, 1.82) is 0 Å². The molecule has 0 radical (unpaired) electrons. The largest absolute Gasteiger partial charge is 0.465 e. The van der Waals surface area contributed by atoms with Crippen LogP contribution in [0.3, 0.4) is 0 Å². The van der Waals surface area contributed by atoms with E-state index in [2.05, 4.69) is 18.3 Å². The molecule has 5 nitrogen and oxygen atoms in total. The minimum absolute atomic E-state index is 0.199. The number of methoxy groups -OCH3 is 1. The molecule has 0 unspecified atom stereocenters. The summed E-state index contributed by atoms with van der Waals surface area (Å²) in [6, 6.07) is 14.6. The Morgan fingerprint density at radius 1 is 1.06 bits per heavy atom. The number of carbonyl (C=O) groups excluding carboxylic acids is 2. The van der Waals surface area contributed by atoms with E-state index in [1.165, 1.54) is 17.6 Å². The van der Waals surface area contributed by atoms with Crippen molar-refractivity contribution in [3.63, 3.8) is 0 Å². The van der Waals surface area contributed by atoms with E-state index >= 15 is 0 Å². The lowest BCUT2D eigenvalue weighted by molar-refractivity contribution is 0.0600. The number of esters is 1. The van der Waals surface area contributed by atoms with Crippen molar-refractivity contribution in [2.45, 2.75) is 26.2 Å². The van der Waals surface area contributed by atoms with Gasteiger partial charge >= 0.3 is 5.97 Å². The van der Waals surface area contributed by atoms with E-state index in [0.29, 0.717) is 17.0 Å². The summed E-state index contributed by atoms with van der Waals surface area (Å²) < 4.78 is 5.87. The summed E-state index contributed by atoms with van der Waals surface area (Å²) in [6.45, 7) is 2.28. The number of thiazole rings is 1. The molecule has 0 spiro atoms. The molecule has 2 aromatic carbocycles. The van der Waals surface area contributed by atoms with Crippen LogP contribution >= 0.6 is 22.7 Å². The summed E-state index contributed by atoms with van der Waals surface area (Å²) >= 11 is 3.33. The summed E-state index contributed by atoms with van der Waals surface area (Å²) in [5.41, 5.74) is 4.28. The van der Waals surface area contributed by atoms with Crippen molar-refractivity contribution in [3.8, 4) is 10.6 Å². The van der Waals surface area contributed by atoms with E-state index in [0.717, 1.165) is 45.1 Å². The zero-order valence-electron chi connectivity index (χ0n) is 17.8. The first-order valence-corrected chi connectivity index (χ1v) is 12.2. The van der Waals surface area contributed by atoms with Gasteiger partial charge in [0.15, 0.2) is 0 Å². The fraction of sp³-hybridized carbons (Fsp3) is 0.240. The normalized spacial score (nSPS) is 15.4. The van der Waals surface area contributed by atoms with Crippen LogP contribution in [0.5, 0.6) is 0 Å². The van der Waals surface area contributed by atoms with Crippen LogP contribution in [0.1, 0.15) is 44.5 Å². The highest BCUT2D eigenvalue weighted by Crippen LogP contribution is 2.47. The monoisotopic (exact) mass is 462 g/mol. The van der Waals surface area contributed by atoms with Crippen molar-refractivity contribution in [2.24, 2.45) is 5.92 Å². The maximum absolute atomic E-state index is 13.1. The summed E-state index contributed by atoms with van der Waals surface area (Å²) in [5.74, 6) is 0.0179. The smallest absolute Gasteiger partial charge is 0.337 e. The Kier molecular flexibility index (Phi) is 5.53. The number of rotatable bonds is 4. The van der Waals surface area contributed by atoms with Crippen LogP contribution in [-0.4, -0.2) is 24.0 Å². The molecule has 0 saturated carbocycles. The van der Waals surface area contributed by atoms with Gasteiger partial charge < -0.3 is 10.1 Å². The average molecular weight is 463 g/mol. The van der Waals surface area contributed by atoms with E-state index in [-0.39, 0.29) is 5.91 Å². The average Bonchev–Trinajstić information content (AvgIpc) is 3.38. The molecular formula is C25H22N2O3S2. The van der Waals surface area contributed by atoms with Gasteiger partial charge in [0.25, 0.3) is 5.91 Å². The summed E-state index contributed by atoms with van der Waals surface area (Å²) in [5, 5.41) is 4.94. The molecule has 1 aliphatic carbocycles. The number of amides is 1. The van der Waals surface area contributed by atoms with Crippen molar-refractivity contribution < 1.29 is 14.3 Å². The molecule has 162 valence electrons. The van der Waals surface area contributed by atoms with Crippen LogP contribution in [-0.2, 0) is 17.6 Å². The first kappa shape index (κ1) is 20.8. The summed E-state index contributed by atoms with van der Waals surface area (Å²) in [4.78, 5) is 31.0. The molecule has 2 heterocycles. The molecule has 4 aromatic rings. The number of nitrogens with zero attached hydrogens (tertiary/aromatic N) is 1. The number of thiophene rings is 1. The second-order valence-corrected chi connectivity index (χ2v) is 10.2. The summed E-state index contributed by atoms with van der Waals surface area (Å²) in [7, 11) is 1.34. The van der Waals surface area contributed by atoms with Gasteiger partial charge in [0, 0.05) is 16.0 Å². The third kappa shape index (κ3) is 3.82. The van der Waals surface area contributed by atoms with Gasteiger partial charge in [0.1, 0.15) is 10.0 Å². The van der Waals surface area contributed by atoms with Gasteiger partial charge in [-0.1, -0.05) is 19.1 Å². The van der Waals surface area contributed by atoms with E-state index in [1.54, 1.807) is 46.9 Å². The van der Waals surface area contributed by atoms with Gasteiger partial charge in [0.05, 0.1) is 22.9 Å². The Morgan fingerprint density at radius 2 is 1.81 bits per heavy atom. The Hall–Kier alpha value is -3.03. The number of nitrogens with one attached hydrogen (secondary N) is 1. The number of para-hydroxylation sites is 1. The fourth-order valence-corrected chi connectivity index (χ4v) is 6.61. The van der Waals surface area contributed by atoms with E-state index in [9.17, 15) is 9.59 Å².